The van der Waals surface area contributed by atoms with Gasteiger partial charge in [-0.2, -0.15) is 17.9 Å². The lowest BCUT2D eigenvalue weighted by atomic mass is 9.97. The second kappa shape index (κ2) is 7.14. The Morgan fingerprint density at radius 3 is 2.59 bits per heavy atom. The Bertz CT molecular complexity index is 946. The summed E-state index contributed by atoms with van der Waals surface area (Å²) in [4.78, 5) is 11.5. The third-order valence-electron chi connectivity index (χ3n) is 3.68. The van der Waals surface area contributed by atoms with Gasteiger partial charge in [-0.15, -0.1) is 0 Å². The highest BCUT2D eigenvalue weighted by atomic mass is 35.5. The number of nitrogens with one attached hydrogen (secondary N) is 1. The minimum atomic E-state index is -4.81. The van der Waals surface area contributed by atoms with Gasteiger partial charge < -0.3 is 15.6 Å². The van der Waals surface area contributed by atoms with Crippen LogP contribution in [0.4, 0.5) is 18.9 Å². The molecule has 1 aromatic carbocycles. The van der Waals surface area contributed by atoms with E-state index in [1.807, 2.05) is 0 Å². The molecule has 0 radical (unpaired) electrons. The molecule has 142 valence electrons. The van der Waals surface area contributed by atoms with E-state index in [2.05, 4.69) is 5.32 Å². The summed E-state index contributed by atoms with van der Waals surface area (Å²) < 4.78 is 40.2. The molecule has 1 unspecified atom stereocenters. The molecule has 0 spiro atoms. The fraction of sp³-hybridized carbons (Fsp3) is 0.125. The summed E-state index contributed by atoms with van der Waals surface area (Å²) in [7, 11) is 0. The van der Waals surface area contributed by atoms with Gasteiger partial charge in [0.1, 0.15) is 5.02 Å². The van der Waals surface area contributed by atoms with Crippen LogP contribution in [0.1, 0.15) is 5.56 Å². The third-order valence-corrected chi connectivity index (χ3v) is 5.67. The number of anilines is 1. The second-order valence-corrected chi connectivity index (χ2v) is 7.33. The molecule has 1 aromatic heterocycles. The number of benzene rings is 1. The standard InChI is InChI=1S/C16H9Cl2F3N2O3S/c17-9-2-1-3-23(26)14(9)27-12-6-11-7(5-10(12)18)4-8(15(24)25)13(22-11)16(19,20)21/h1-6,13,22H,(H,24,25). The minimum Gasteiger partial charge on any atom is -0.618 e. The summed E-state index contributed by atoms with van der Waals surface area (Å²) in [6.07, 6.45) is -2.66. The highest BCUT2D eigenvalue weighted by molar-refractivity contribution is 7.99. The van der Waals surface area contributed by atoms with Gasteiger partial charge >= 0.3 is 12.1 Å². The van der Waals surface area contributed by atoms with Crippen molar-refractivity contribution < 1.29 is 27.8 Å². The molecule has 2 N–H and O–H groups in total. The molecule has 1 aliphatic rings. The molecule has 5 nitrogen and oxygen atoms in total. The van der Waals surface area contributed by atoms with Crippen LogP contribution in [0.25, 0.3) is 6.08 Å². The number of nitrogens with zero attached hydrogens (tertiary/aromatic N) is 1. The van der Waals surface area contributed by atoms with Gasteiger partial charge in [-0.3, -0.25) is 0 Å². The first-order valence-electron chi connectivity index (χ1n) is 7.25. The molecule has 0 amide bonds. The highest BCUT2D eigenvalue weighted by Crippen LogP contribution is 2.42. The quantitative estimate of drug-likeness (QED) is 0.542. The SMILES string of the molecule is O=C(O)C1=Cc2cc(Cl)c(Sc3c(Cl)ccc[n+]3[O-])cc2NC1C(F)(F)F. The molecule has 0 saturated carbocycles. The molecule has 0 bridgehead atoms. The number of carboxylic acids is 1. The number of hydrogen-bond donors (Lipinski definition) is 2. The van der Waals surface area contributed by atoms with Gasteiger partial charge in [0.25, 0.3) is 5.03 Å². The number of carbonyl (C=O) groups is 1. The van der Waals surface area contributed by atoms with Crippen LogP contribution in [-0.2, 0) is 4.79 Å². The first-order chi connectivity index (χ1) is 12.6. The molecule has 0 fully saturated rings. The zero-order valence-electron chi connectivity index (χ0n) is 13.1. The van der Waals surface area contributed by atoms with Gasteiger partial charge in [0.05, 0.1) is 10.6 Å². The van der Waals surface area contributed by atoms with Crippen LogP contribution in [0.15, 0.2) is 46.0 Å². The van der Waals surface area contributed by atoms with Crippen molar-refractivity contribution in [3.05, 3.63) is 56.9 Å². The number of fused-ring (bicyclic) bond motifs is 1. The average Bonchev–Trinajstić information content (AvgIpc) is 2.56. The largest absolute Gasteiger partial charge is 0.618 e. The minimum absolute atomic E-state index is 0.0405. The highest BCUT2D eigenvalue weighted by Gasteiger charge is 2.46. The van der Waals surface area contributed by atoms with Crippen LogP contribution in [0, 0.1) is 5.21 Å². The van der Waals surface area contributed by atoms with Gasteiger partial charge in [-0.25, -0.2) is 4.79 Å². The number of pyridine rings is 1. The van der Waals surface area contributed by atoms with Gasteiger partial charge in [-0.05, 0) is 41.6 Å². The van der Waals surface area contributed by atoms with Crippen LogP contribution in [0.2, 0.25) is 10.0 Å². The fourth-order valence-corrected chi connectivity index (χ4v) is 3.88. The Morgan fingerprint density at radius 1 is 1.30 bits per heavy atom. The zero-order valence-corrected chi connectivity index (χ0v) is 15.4. The average molecular weight is 437 g/mol. The fourth-order valence-electron chi connectivity index (χ4n) is 2.47. The van der Waals surface area contributed by atoms with Crippen molar-refractivity contribution in [3.63, 3.8) is 0 Å². The Hall–Kier alpha value is -2.10. The first kappa shape index (κ1) is 19.7. The van der Waals surface area contributed by atoms with Crippen LogP contribution in [0.3, 0.4) is 0 Å². The van der Waals surface area contributed by atoms with Crippen molar-refractivity contribution >= 4 is 52.7 Å². The summed E-state index contributed by atoms with van der Waals surface area (Å²) in [5.41, 5.74) is -0.606. The van der Waals surface area contributed by atoms with Crippen molar-refractivity contribution in [2.24, 2.45) is 0 Å². The van der Waals surface area contributed by atoms with Crippen LogP contribution >= 0.6 is 35.0 Å². The summed E-state index contributed by atoms with van der Waals surface area (Å²) in [5, 5.41) is 23.5. The lowest BCUT2D eigenvalue weighted by Crippen LogP contribution is -2.41. The lowest BCUT2D eigenvalue weighted by molar-refractivity contribution is -0.645. The third kappa shape index (κ3) is 3.95. The van der Waals surface area contributed by atoms with Crippen molar-refractivity contribution in [1.29, 1.82) is 0 Å². The molecule has 27 heavy (non-hydrogen) atoms. The molecule has 2 aromatic rings. The number of halogens is 5. The number of alkyl halides is 3. The second-order valence-electron chi connectivity index (χ2n) is 5.48. The molecule has 2 heterocycles. The summed E-state index contributed by atoms with van der Waals surface area (Å²) >= 11 is 13.0. The summed E-state index contributed by atoms with van der Waals surface area (Å²) in [6.45, 7) is 0. The molecular formula is C16H9Cl2F3N2O3S. The van der Waals surface area contributed by atoms with Gasteiger partial charge in [0.15, 0.2) is 12.2 Å². The predicted octanol–water partition coefficient (Wildman–Crippen LogP) is 4.60. The number of carboxylic acid groups (broad SMARTS) is 1. The van der Waals surface area contributed by atoms with Crippen molar-refractivity contribution in [2.45, 2.75) is 22.1 Å². The Labute approximate surface area is 165 Å². The Kier molecular flexibility index (Phi) is 5.20. The molecule has 1 aliphatic heterocycles. The van der Waals surface area contributed by atoms with E-state index >= 15 is 0 Å². The number of rotatable bonds is 3. The topological polar surface area (TPSA) is 76.3 Å². The summed E-state index contributed by atoms with van der Waals surface area (Å²) in [6, 6.07) is 3.21. The monoisotopic (exact) mass is 436 g/mol. The lowest BCUT2D eigenvalue weighted by Gasteiger charge is -2.28. The van der Waals surface area contributed by atoms with Crippen LogP contribution in [0.5, 0.6) is 0 Å². The van der Waals surface area contributed by atoms with Gasteiger partial charge in [-0.1, -0.05) is 23.2 Å². The van der Waals surface area contributed by atoms with E-state index in [0.29, 0.717) is 4.73 Å². The van der Waals surface area contributed by atoms with Crippen LogP contribution < -0.4 is 10.0 Å². The predicted molar refractivity (Wildman–Crippen MR) is 95.1 cm³/mol. The molecule has 0 aliphatic carbocycles. The van der Waals surface area contributed by atoms with E-state index in [1.165, 1.54) is 30.5 Å². The zero-order chi connectivity index (χ0) is 19.9. The number of aliphatic carboxylic acids is 1. The van der Waals surface area contributed by atoms with Crippen molar-refractivity contribution in [3.8, 4) is 0 Å². The van der Waals surface area contributed by atoms with Crippen LogP contribution in [-0.4, -0.2) is 23.3 Å². The number of hydrogen-bond acceptors (Lipinski definition) is 4. The molecule has 3 rings (SSSR count). The molecular weight excluding hydrogens is 428 g/mol. The normalized spacial score (nSPS) is 16.3. The maximum absolute atomic E-state index is 13.2. The van der Waals surface area contributed by atoms with E-state index in [1.54, 1.807) is 0 Å². The molecule has 1 atom stereocenters. The van der Waals surface area contributed by atoms with E-state index in [-0.39, 0.29) is 31.2 Å². The molecule has 11 heteroatoms. The maximum atomic E-state index is 13.2. The van der Waals surface area contributed by atoms with Crippen molar-refractivity contribution in [2.75, 3.05) is 5.32 Å². The van der Waals surface area contributed by atoms with E-state index in [9.17, 15) is 23.2 Å². The Morgan fingerprint density at radius 2 is 2.00 bits per heavy atom. The maximum Gasteiger partial charge on any atom is 0.413 e. The summed E-state index contributed by atoms with van der Waals surface area (Å²) in [5.74, 6) is -1.69. The van der Waals surface area contributed by atoms with Crippen molar-refractivity contribution in [1.82, 2.24) is 0 Å². The molecule has 0 saturated heterocycles. The van der Waals surface area contributed by atoms with Gasteiger partial charge in [0.2, 0.25) is 0 Å². The first-order valence-corrected chi connectivity index (χ1v) is 8.82. The van der Waals surface area contributed by atoms with E-state index in [0.717, 1.165) is 17.8 Å². The number of aromatic nitrogens is 1. The van der Waals surface area contributed by atoms with E-state index in [4.69, 9.17) is 28.3 Å². The van der Waals surface area contributed by atoms with Gasteiger partial charge in [0, 0.05) is 16.6 Å². The Balaban J connectivity index is 2.05. The van der Waals surface area contributed by atoms with E-state index < -0.39 is 23.8 Å². The smallest absolute Gasteiger partial charge is 0.413 e.